The quantitative estimate of drug-likeness (QED) is 0.328. The van der Waals surface area contributed by atoms with Crippen molar-refractivity contribution in [2.75, 3.05) is 6.16 Å². The maximum atomic E-state index is 8.52. The Morgan fingerprint density at radius 1 is 1.56 bits per heavy atom. The highest BCUT2D eigenvalue weighted by molar-refractivity contribution is 7.79. The molecule has 0 aromatic rings. The fourth-order valence-electron chi connectivity index (χ4n) is 0. The van der Waals surface area contributed by atoms with Crippen molar-refractivity contribution < 1.29 is 22.4 Å². The maximum Gasteiger partial charge on any atom is 0.893 e. The Morgan fingerprint density at radius 3 is 1.67 bits per heavy atom. The van der Waals surface area contributed by atoms with Gasteiger partial charge in [0.1, 0.15) is 0 Å². The highest BCUT2D eigenvalue weighted by Gasteiger charge is 2.13. The lowest BCUT2D eigenvalue weighted by atomic mass is 11.0. The summed E-state index contributed by atoms with van der Waals surface area (Å²) in [6.45, 7) is 1.92. The van der Waals surface area contributed by atoms with Gasteiger partial charge in [0.2, 0.25) is 0 Å². The second-order valence-electron chi connectivity index (χ2n) is 0.866. The Kier molecular flexibility index (Phi) is 8.25. The first kappa shape index (κ1) is 11.9. The van der Waals surface area contributed by atoms with E-state index in [4.69, 9.17) is 22.4 Å². The van der Waals surface area contributed by atoms with Gasteiger partial charge in [0.15, 0.2) is 0 Å². The van der Waals surface area contributed by atoms with Crippen LogP contribution >= 0.6 is 8.81 Å². The van der Waals surface area contributed by atoms with Crippen LogP contribution in [-0.4, -0.2) is 28.6 Å². The summed E-state index contributed by atoms with van der Waals surface area (Å²) in [6, 6.07) is 0. The van der Waals surface area contributed by atoms with Crippen LogP contribution in [0.2, 0.25) is 0 Å². The molecule has 0 heterocycles. The Bertz CT molecular complexity index is 118. The highest BCUT2D eigenvalue weighted by atomic mass is 32.3. The topological polar surface area (TPSA) is 100 Å². The third-order valence-corrected chi connectivity index (χ3v) is 0.424. The van der Waals surface area contributed by atoms with Gasteiger partial charge in [-0.25, -0.2) is 0 Å². The Labute approximate surface area is 55.5 Å². The molecule has 7 heteroatoms. The summed E-state index contributed by atoms with van der Waals surface area (Å²) < 4.78 is 34.1. The molecule has 0 amide bonds. The van der Waals surface area contributed by atoms with Crippen LogP contribution in [0.25, 0.3) is 0 Å². The average molecular weight is 173 g/mol. The van der Waals surface area contributed by atoms with Crippen molar-refractivity contribution in [1.29, 1.82) is 0 Å². The van der Waals surface area contributed by atoms with Crippen molar-refractivity contribution >= 4 is 19.2 Å². The number of hydrogen-bond acceptors (Lipinski definition) is 5. The van der Waals surface area contributed by atoms with E-state index in [9.17, 15) is 0 Å². The molecular weight excluding hydrogens is 167 g/mol. The summed E-state index contributed by atoms with van der Waals surface area (Å²) in [4.78, 5) is 7.85. The van der Waals surface area contributed by atoms with E-state index in [0.29, 0.717) is 8.81 Å². The molecule has 0 bridgehead atoms. The van der Waals surface area contributed by atoms with E-state index in [0.717, 1.165) is 6.16 Å². The monoisotopic (exact) mass is 173 g/mol. The smallest absolute Gasteiger partial charge is 0.759 e. The lowest BCUT2D eigenvalue weighted by Gasteiger charge is -2.06. The first-order valence-corrected chi connectivity index (χ1v) is 4.26. The zero-order chi connectivity index (χ0) is 7.91. The second kappa shape index (κ2) is 6.25. The van der Waals surface area contributed by atoms with E-state index < -0.39 is 10.4 Å². The van der Waals surface area contributed by atoms with Crippen LogP contribution in [0, 0.1) is 0 Å². The summed E-state index contributed by atoms with van der Waals surface area (Å²) in [5.41, 5.74) is 0. The van der Waals surface area contributed by atoms with Crippen molar-refractivity contribution in [2.45, 2.75) is 6.92 Å². The van der Waals surface area contributed by atoms with Gasteiger partial charge in [-0.15, -0.1) is 0 Å². The standard InChI is InChI=1S/C2H6OP.H2O4S/c1-2-4-3;1-5(2,3)4/h3H,2H2,1H3;(H2,1,2,3,4)/q+2;/p-2. The van der Waals surface area contributed by atoms with E-state index in [1.807, 2.05) is 6.92 Å². The lowest BCUT2D eigenvalue weighted by molar-refractivity contribution is 0.352. The van der Waals surface area contributed by atoms with Gasteiger partial charge in [-0.1, -0.05) is 0 Å². The van der Waals surface area contributed by atoms with Gasteiger partial charge in [-0.05, 0) is 0 Å². The fourth-order valence-corrected chi connectivity index (χ4v) is 0. The largest absolute Gasteiger partial charge is 0.893 e. The van der Waals surface area contributed by atoms with Gasteiger partial charge >= 0.3 is 15.0 Å². The molecule has 0 saturated carbocycles. The molecule has 1 N–H and O–H groups in total. The summed E-state index contributed by atoms with van der Waals surface area (Å²) in [5.74, 6) is 0. The minimum atomic E-state index is -5.17. The first-order chi connectivity index (χ1) is 3.91. The van der Waals surface area contributed by atoms with Crippen LogP contribution in [0.3, 0.4) is 0 Å². The summed E-state index contributed by atoms with van der Waals surface area (Å²) >= 11 is 0. The van der Waals surface area contributed by atoms with E-state index >= 15 is 0 Å². The van der Waals surface area contributed by atoms with Crippen LogP contribution in [0.15, 0.2) is 0 Å². The van der Waals surface area contributed by atoms with Crippen LogP contribution in [-0.2, 0) is 10.4 Å². The van der Waals surface area contributed by atoms with Crippen molar-refractivity contribution in [3.05, 3.63) is 0 Å². The van der Waals surface area contributed by atoms with E-state index in [1.165, 1.54) is 0 Å². The minimum absolute atomic E-state index is 0.498. The fraction of sp³-hybridized carbons (Fsp3) is 1.00. The first-order valence-electron chi connectivity index (χ1n) is 1.89. The molecule has 0 aromatic carbocycles. The second-order valence-corrected chi connectivity index (χ2v) is 2.60. The van der Waals surface area contributed by atoms with Crippen molar-refractivity contribution in [2.24, 2.45) is 0 Å². The molecule has 0 spiro atoms. The molecule has 0 aromatic heterocycles. The molecule has 0 aliphatic rings. The molecule has 0 aliphatic heterocycles. The molecule has 5 nitrogen and oxygen atoms in total. The Balaban J connectivity index is 0. The SMILES string of the molecule is CC[P+2]O.O=S(=O)([O-])[O-]. The van der Waals surface area contributed by atoms with Gasteiger partial charge in [-0.2, -0.15) is 0 Å². The Morgan fingerprint density at radius 2 is 1.67 bits per heavy atom. The van der Waals surface area contributed by atoms with E-state index in [1.54, 1.807) is 0 Å². The maximum absolute atomic E-state index is 8.52. The molecule has 0 rings (SSSR count). The lowest BCUT2D eigenvalue weighted by Crippen LogP contribution is -1.91. The van der Waals surface area contributed by atoms with Gasteiger partial charge in [0.25, 0.3) is 0 Å². The van der Waals surface area contributed by atoms with E-state index in [-0.39, 0.29) is 0 Å². The van der Waals surface area contributed by atoms with Gasteiger partial charge < -0.3 is 9.11 Å². The predicted octanol–water partition coefficient (Wildman–Crippen LogP) is -0.478. The van der Waals surface area contributed by atoms with Crippen molar-refractivity contribution in [1.82, 2.24) is 0 Å². The molecular formula is C2H6O5PS. The number of rotatable bonds is 1. The normalized spacial score (nSPS) is 10.2. The average Bonchev–Trinajstić information content (AvgIpc) is 1.61. The predicted molar refractivity (Wildman–Crippen MR) is 30.2 cm³/mol. The van der Waals surface area contributed by atoms with Crippen LogP contribution < -0.4 is 0 Å². The van der Waals surface area contributed by atoms with Crippen LogP contribution in [0.5, 0.6) is 0 Å². The summed E-state index contributed by atoms with van der Waals surface area (Å²) in [6.07, 6.45) is 0.847. The van der Waals surface area contributed by atoms with Crippen molar-refractivity contribution in [3.63, 3.8) is 0 Å². The molecule has 0 unspecified atom stereocenters. The highest BCUT2D eigenvalue weighted by Crippen LogP contribution is 1.94. The van der Waals surface area contributed by atoms with E-state index in [2.05, 4.69) is 0 Å². The third-order valence-electron chi connectivity index (χ3n) is 0.141. The van der Waals surface area contributed by atoms with Crippen LogP contribution in [0.1, 0.15) is 6.92 Å². The molecule has 55 valence electrons. The molecule has 0 saturated heterocycles. The number of hydrogen-bond donors (Lipinski definition) is 1. The Hall–Kier alpha value is 0.130. The van der Waals surface area contributed by atoms with Gasteiger partial charge in [0.05, 0.1) is 0 Å². The van der Waals surface area contributed by atoms with Gasteiger partial charge in [-0.3, -0.25) is 8.42 Å². The molecule has 9 heavy (non-hydrogen) atoms. The van der Waals surface area contributed by atoms with Gasteiger partial charge in [0, 0.05) is 22.2 Å². The molecule has 0 aliphatic carbocycles. The molecule has 1 radical (unpaired) electrons. The zero-order valence-corrected chi connectivity index (χ0v) is 6.35. The summed E-state index contributed by atoms with van der Waals surface area (Å²) in [5, 5.41) is 0. The minimum Gasteiger partial charge on any atom is -0.759 e. The van der Waals surface area contributed by atoms with Crippen LogP contribution in [0.4, 0.5) is 0 Å². The van der Waals surface area contributed by atoms with Crippen molar-refractivity contribution in [3.8, 4) is 0 Å². The third kappa shape index (κ3) is 239. The summed E-state index contributed by atoms with van der Waals surface area (Å²) in [7, 11) is -4.67. The zero-order valence-electron chi connectivity index (χ0n) is 4.64. The molecule has 0 fully saturated rings. The molecule has 0 atom stereocenters.